The normalized spacial score (nSPS) is 22.4. The summed E-state index contributed by atoms with van der Waals surface area (Å²) in [6.45, 7) is 3.27. The monoisotopic (exact) mass is 328 g/mol. The molecular weight excluding hydrogens is 306 g/mol. The Hall–Kier alpha value is -1.24. The molecule has 2 fully saturated rings. The van der Waals surface area contributed by atoms with Crippen LogP contribution in [0, 0.1) is 11.6 Å². The third-order valence-electron chi connectivity index (χ3n) is 4.66. The molecule has 1 aromatic carbocycles. The second-order valence-corrected chi connectivity index (χ2v) is 6.23. The molecule has 3 rings (SSSR count). The lowest BCUT2D eigenvalue weighted by Gasteiger charge is -2.40. The molecule has 0 unspecified atom stereocenters. The molecule has 0 radical (unpaired) electrons. The Labute approximate surface area is 134 Å². The van der Waals surface area contributed by atoms with Crippen molar-refractivity contribution >= 4 is 0 Å². The maximum atomic E-state index is 14.4. The summed E-state index contributed by atoms with van der Waals surface area (Å²) in [7, 11) is 0. The van der Waals surface area contributed by atoms with Crippen LogP contribution in [-0.2, 0) is 15.1 Å². The molecule has 23 heavy (non-hydrogen) atoms. The van der Waals surface area contributed by atoms with Crippen LogP contribution < -0.4 is 4.74 Å². The van der Waals surface area contributed by atoms with Crippen LogP contribution in [0.4, 0.5) is 8.78 Å². The molecule has 0 aromatic heterocycles. The van der Waals surface area contributed by atoms with Crippen molar-refractivity contribution < 1.29 is 28.1 Å². The molecule has 0 amide bonds. The van der Waals surface area contributed by atoms with Crippen LogP contribution in [0.25, 0.3) is 0 Å². The van der Waals surface area contributed by atoms with Gasteiger partial charge in [0, 0.05) is 18.4 Å². The van der Waals surface area contributed by atoms with E-state index in [1.807, 2.05) is 6.92 Å². The van der Waals surface area contributed by atoms with E-state index in [-0.39, 0.29) is 24.2 Å². The minimum Gasteiger partial charge on any atom is -0.490 e. The van der Waals surface area contributed by atoms with E-state index in [0.29, 0.717) is 39.1 Å². The van der Waals surface area contributed by atoms with Crippen molar-refractivity contribution in [2.45, 2.75) is 50.4 Å². The highest BCUT2D eigenvalue weighted by atomic mass is 19.2. The van der Waals surface area contributed by atoms with Gasteiger partial charge in [-0.1, -0.05) is 6.92 Å². The molecule has 1 saturated heterocycles. The molecule has 1 heterocycles. The lowest BCUT2D eigenvalue weighted by Crippen LogP contribution is -2.42. The Kier molecular flexibility index (Phi) is 4.58. The second kappa shape index (κ2) is 6.34. The van der Waals surface area contributed by atoms with Gasteiger partial charge in [-0.05, 0) is 31.4 Å². The fraction of sp³-hybridized carbons (Fsp3) is 0.647. The van der Waals surface area contributed by atoms with Crippen LogP contribution in [0.1, 0.15) is 44.6 Å². The fourth-order valence-electron chi connectivity index (χ4n) is 3.31. The van der Waals surface area contributed by atoms with E-state index in [1.165, 1.54) is 12.1 Å². The third-order valence-corrected chi connectivity index (χ3v) is 4.66. The molecule has 1 spiro atoms. The van der Waals surface area contributed by atoms with Crippen LogP contribution in [0.2, 0.25) is 0 Å². The first kappa shape index (κ1) is 16.6. The summed E-state index contributed by atoms with van der Waals surface area (Å²) in [5, 5.41) is 10.8. The first-order chi connectivity index (χ1) is 11.0. The molecular formula is C17H22F2O4. The zero-order valence-electron chi connectivity index (χ0n) is 13.2. The summed E-state index contributed by atoms with van der Waals surface area (Å²) in [5.41, 5.74) is -1.43. The van der Waals surface area contributed by atoms with Crippen LogP contribution in [-0.4, -0.2) is 30.7 Å². The zero-order valence-corrected chi connectivity index (χ0v) is 13.2. The Morgan fingerprint density at radius 1 is 1.09 bits per heavy atom. The summed E-state index contributed by atoms with van der Waals surface area (Å²) >= 11 is 0. The fourth-order valence-corrected chi connectivity index (χ4v) is 3.31. The molecule has 1 N–H and O–H groups in total. The number of halogens is 2. The summed E-state index contributed by atoms with van der Waals surface area (Å²) in [6.07, 6.45) is 2.14. The van der Waals surface area contributed by atoms with Gasteiger partial charge in [0.1, 0.15) is 0 Å². The summed E-state index contributed by atoms with van der Waals surface area (Å²) < 4.78 is 44.9. The molecule has 4 nitrogen and oxygen atoms in total. The Bertz CT molecular complexity index is 560. The van der Waals surface area contributed by atoms with Crippen LogP contribution in [0.15, 0.2) is 12.1 Å². The van der Waals surface area contributed by atoms with Crippen LogP contribution in [0.5, 0.6) is 5.75 Å². The number of hydrogen-bond donors (Lipinski definition) is 1. The van der Waals surface area contributed by atoms with E-state index in [9.17, 15) is 13.9 Å². The topological polar surface area (TPSA) is 47.9 Å². The lowest BCUT2D eigenvalue weighted by atomic mass is 9.77. The molecule has 1 saturated carbocycles. The van der Waals surface area contributed by atoms with Gasteiger partial charge in [0.2, 0.25) is 5.82 Å². The van der Waals surface area contributed by atoms with Gasteiger partial charge in [0.15, 0.2) is 17.4 Å². The number of ether oxygens (including phenoxy) is 3. The van der Waals surface area contributed by atoms with Gasteiger partial charge in [-0.15, -0.1) is 0 Å². The van der Waals surface area contributed by atoms with E-state index in [1.54, 1.807) is 0 Å². The van der Waals surface area contributed by atoms with Crippen molar-refractivity contribution in [2.24, 2.45) is 0 Å². The smallest absolute Gasteiger partial charge is 0.200 e. The maximum Gasteiger partial charge on any atom is 0.200 e. The van der Waals surface area contributed by atoms with Gasteiger partial charge in [0.05, 0.1) is 25.4 Å². The van der Waals surface area contributed by atoms with Crippen molar-refractivity contribution in [2.75, 3.05) is 19.8 Å². The lowest BCUT2D eigenvalue weighted by molar-refractivity contribution is -0.204. The highest BCUT2D eigenvalue weighted by Gasteiger charge is 2.47. The SMILES string of the molecule is CCCOc1ccc(C2(O)CCC3(CC2)OCCO3)c(F)c1F. The van der Waals surface area contributed by atoms with E-state index in [2.05, 4.69) is 0 Å². The van der Waals surface area contributed by atoms with E-state index in [4.69, 9.17) is 14.2 Å². The molecule has 1 aliphatic carbocycles. The Morgan fingerprint density at radius 3 is 2.35 bits per heavy atom. The average molecular weight is 328 g/mol. The predicted molar refractivity (Wildman–Crippen MR) is 79.1 cm³/mol. The van der Waals surface area contributed by atoms with Crippen LogP contribution in [0.3, 0.4) is 0 Å². The molecule has 1 aliphatic heterocycles. The van der Waals surface area contributed by atoms with Gasteiger partial charge in [0.25, 0.3) is 0 Å². The minimum atomic E-state index is -1.41. The van der Waals surface area contributed by atoms with Crippen molar-refractivity contribution in [3.8, 4) is 5.75 Å². The number of rotatable bonds is 4. The van der Waals surface area contributed by atoms with Crippen molar-refractivity contribution in [3.63, 3.8) is 0 Å². The Morgan fingerprint density at radius 2 is 1.74 bits per heavy atom. The average Bonchev–Trinajstić information content (AvgIpc) is 3.01. The van der Waals surface area contributed by atoms with Gasteiger partial charge in [-0.2, -0.15) is 4.39 Å². The van der Waals surface area contributed by atoms with Gasteiger partial charge in [-0.25, -0.2) is 4.39 Å². The number of aliphatic hydroxyl groups is 1. The molecule has 2 aliphatic rings. The van der Waals surface area contributed by atoms with E-state index in [0.717, 1.165) is 0 Å². The number of hydrogen-bond acceptors (Lipinski definition) is 4. The molecule has 0 atom stereocenters. The second-order valence-electron chi connectivity index (χ2n) is 6.23. The van der Waals surface area contributed by atoms with Gasteiger partial charge < -0.3 is 19.3 Å². The van der Waals surface area contributed by atoms with Crippen molar-refractivity contribution in [1.29, 1.82) is 0 Å². The molecule has 128 valence electrons. The van der Waals surface area contributed by atoms with E-state index < -0.39 is 23.0 Å². The summed E-state index contributed by atoms with van der Waals surface area (Å²) in [4.78, 5) is 0. The molecule has 6 heteroatoms. The first-order valence-corrected chi connectivity index (χ1v) is 8.11. The van der Waals surface area contributed by atoms with Crippen molar-refractivity contribution in [1.82, 2.24) is 0 Å². The van der Waals surface area contributed by atoms with Gasteiger partial charge in [-0.3, -0.25) is 0 Å². The number of benzene rings is 1. The minimum absolute atomic E-state index is 0.0216. The zero-order chi connectivity index (χ0) is 16.5. The quantitative estimate of drug-likeness (QED) is 0.922. The van der Waals surface area contributed by atoms with Crippen molar-refractivity contribution in [3.05, 3.63) is 29.3 Å². The highest BCUT2D eigenvalue weighted by molar-refractivity contribution is 5.34. The predicted octanol–water partition coefficient (Wildman–Crippen LogP) is 3.26. The molecule has 0 bridgehead atoms. The van der Waals surface area contributed by atoms with Gasteiger partial charge >= 0.3 is 0 Å². The summed E-state index contributed by atoms with van der Waals surface area (Å²) in [5.74, 6) is -2.86. The van der Waals surface area contributed by atoms with E-state index >= 15 is 0 Å². The standard InChI is InChI=1S/C17H22F2O4/c1-2-9-21-13-4-3-12(14(18)15(13)19)16(20)5-7-17(8-6-16)22-10-11-23-17/h3-4,20H,2,5-11H2,1H3. The maximum absolute atomic E-state index is 14.4. The van der Waals surface area contributed by atoms with Crippen LogP contribution >= 0.6 is 0 Å². The first-order valence-electron chi connectivity index (χ1n) is 8.11. The summed E-state index contributed by atoms with van der Waals surface area (Å²) in [6, 6.07) is 2.80. The highest BCUT2D eigenvalue weighted by Crippen LogP contribution is 2.46. The largest absolute Gasteiger partial charge is 0.490 e. The Balaban J connectivity index is 1.79. The molecule has 1 aromatic rings. The third kappa shape index (κ3) is 3.07.